The van der Waals surface area contributed by atoms with E-state index in [2.05, 4.69) is 0 Å². The number of carboxylic acid groups (broad SMARTS) is 1. The number of rotatable bonds is 9. The van der Waals surface area contributed by atoms with Crippen LogP contribution in [0.3, 0.4) is 0 Å². The van der Waals surface area contributed by atoms with Crippen molar-refractivity contribution in [2.75, 3.05) is 13.2 Å². The fourth-order valence-corrected chi connectivity index (χ4v) is 4.48. The van der Waals surface area contributed by atoms with Gasteiger partial charge in [0.05, 0.1) is 19.3 Å². The number of benzene rings is 2. The molecule has 2 aromatic carbocycles. The van der Waals surface area contributed by atoms with Gasteiger partial charge in [-0.25, -0.2) is 9.59 Å². The molecule has 0 aromatic heterocycles. The Kier molecular flexibility index (Phi) is 13.1. The average molecular weight is 675 g/mol. The molecular formula is C29H38O18. The van der Waals surface area contributed by atoms with E-state index in [0.717, 1.165) is 0 Å². The highest BCUT2D eigenvalue weighted by molar-refractivity contribution is 5.95. The topological polar surface area (TPSA) is 303 Å². The highest BCUT2D eigenvalue weighted by Crippen LogP contribution is 2.34. The maximum absolute atomic E-state index is 12.2. The van der Waals surface area contributed by atoms with Gasteiger partial charge in [0, 0.05) is 0 Å². The van der Waals surface area contributed by atoms with Crippen LogP contribution in [0, 0.1) is 0 Å². The molecule has 2 fully saturated rings. The predicted octanol–water partition coefficient (Wildman–Crippen LogP) is -2.59. The normalized spacial score (nSPS) is 30.5. The molecular weight excluding hydrogens is 636 g/mol. The zero-order chi connectivity index (χ0) is 35.2. The fraction of sp³-hybridized carbons (Fsp3) is 0.517. The average Bonchev–Trinajstić information content (AvgIpc) is 3.02. The van der Waals surface area contributed by atoms with Crippen LogP contribution in [-0.2, 0) is 14.2 Å². The molecule has 0 saturated carbocycles. The monoisotopic (exact) mass is 674 g/mol. The van der Waals surface area contributed by atoms with Crippen molar-refractivity contribution in [3.63, 3.8) is 0 Å². The van der Waals surface area contributed by atoms with E-state index in [9.17, 15) is 55.5 Å². The second-order valence-corrected chi connectivity index (χ2v) is 10.7. The first-order valence-corrected chi connectivity index (χ1v) is 14.1. The number of hydrogen-bond acceptors (Lipinski definition) is 17. The molecule has 2 heterocycles. The lowest BCUT2D eigenvalue weighted by atomic mass is 9.99. The number of para-hydroxylation sites is 1. The molecule has 2 aromatic rings. The highest BCUT2D eigenvalue weighted by Gasteiger charge is 2.46. The van der Waals surface area contributed by atoms with Gasteiger partial charge in [-0.3, -0.25) is 0 Å². The Morgan fingerprint density at radius 3 is 1.70 bits per heavy atom. The second-order valence-electron chi connectivity index (χ2n) is 10.7. The van der Waals surface area contributed by atoms with Gasteiger partial charge < -0.3 is 79.9 Å². The number of aliphatic hydroxyl groups excluding tert-OH is 8. The van der Waals surface area contributed by atoms with Gasteiger partial charge in [-0.05, 0) is 38.1 Å². The summed E-state index contributed by atoms with van der Waals surface area (Å²) in [5, 5.41) is 106. The Labute approximate surface area is 266 Å². The molecule has 10 atom stereocenters. The molecule has 262 valence electrons. The van der Waals surface area contributed by atoms with Gasteiger partial charge in [0.1, 0.15) is 71.5 Å². The highest BCUT2D eigenvalue weighted by atomic mass is 16.7. The summed E-state index contributed by atoms with van der Waals surface area (Å²) >= 11 is 0. The van der Waals surface area contributed by atoms with Crippen LogP contribution in [0.2, 0.25) is 0 Å². The summed E-state index contributed by atoms with van der Waals surface area (Å²) in [7, 11) is 0. The number of phenolic OH excluding ortho intramolecular Hbond substituents is 2. The first-order valence-electron chi connectivity index (χ1n) is 14.1. The van der Waals surface area contributed by atoms with Gasteiger partial charge in [0.15, 0.2) is 11.5 Å². The number of carbonyl (C=O) groups is 2. The molecule has 18 heteroatoms. The minimum atomic E-state index is -1.71. The van der Waals surface area contributed by atoms with Crippen LogP contribution in [0.1, 0.15) is 34.6 Å². The third-order valence-electron chi connectivity index (χ3n) is 6.95. The molecule has 0 spiro atoms. The van der Waals surface area contributed by atoms with E-state index in [4.69, 9.17) is 33.9 Å². The molecule has 47 heavy (non-hydrogen) atoms. The lowest BCUT2D eigenvalue weighted by Crippen LogP contribution is -2.60. The van der Waals surface area contributed by atoms with Crippen LogP contribution >= 0.6 is 0 Å². The number of ether oxygens (including phenoxy) is 5. The Bertz CT molecular complexity index is 1350. The summed E-state index contributed by atoms with van der Waals surface area (Å²) in [5.74, 6) is -3.72. The zero-order valence-corrected chi connectivity index (χ0v) is 25.0. The maximum atomic E-state index is 12.2. The van der Waals surface area contributed by atoms with Gasteiger partial charge in [-0.2, -0.15) is 0 Å². The molecule has 0 radical (unpaired) electrons. The number of esters is 1. The number of carbonyl (C=O) groups excluding carboxylic acids is 1. The number of aromatic hydroxyl groups is 2. The van der Waals surface area contributed by atoms with E-state index >= 15 is 0 Å². The van der Waals surface area contributed by atoms with Gasteiger partial charge in [0.25, 0.3) is 0 Å². The molecule has 0 amide bonds. The smallest absolute Gasteiger partial charge is 0.346 e. The fourth-order valence-electron chi connectivity index (χ4n) is 4.48. The Balaban J connectivity index is 0.000000257. The van der Waals surface area contributed by atoms with E-state index in [1.54, 1.807) is 13.8 Å². The summed E-state index contributed by atoms with van der Waals surface area (Å²) in [6.45, 7) is 2.00. The molecule has 0 bridgehead atoms. The van der Waals surface area contributed by atoms with Crippen LogP contribution in [0.4, 0.5) is 0 Å². The lowest BCUT2D eigenvalue weighted by Gasteiger charge is -2.39. The molecule has 11 N–H and O–H groups in total. The summed E-state index contributed by atoms with van der Waals surface area (Å²) in [4.78, 5) is 23.3. The standard InChI is InChI=1S/C16H22O9.C13H16O9/c1-7(2)23-15(22)11-8(18)4-3-5-9(11)24-16-14(21)13(20)12(19)10(6-17)25-16;14-4-7-8(16)9(17)10(18)13(21-7)22-11-5(12(19)20)2-1-3-6(11)15/h3-5,7,10,12-14,16-21H,6H2,1-2H3;1-3,7-10,13-18H,4H2,(H,19,20)/t10-,12-,13+,14-,16-;7-,8-,9+,10-,13+/m11/s1. The minimum absolute atomic E-state index is 0.144. The van der Waals surface area contributed by atoms with Crippen LogP contribution in [-0.4, -0.2) is 149 Å². The van der Waals surface area contributed by atoms with E-state index in [1.165, 1.54) is 36.4 Å². The Morgan fingerprint density at radius 1 is 0.723 bits per heavy atom. The van der Waals surface area contributed by atoms with Crippen LogP contribution < -0.4 is 9.47 Å². The second kappa shape index (κ2) is 16.3. The number of hydrogen-bond donors (Lipinski definition) is 11. The van der Waals surface area contributed by atoms with Gasteiger partial charge in [-0.15, -0.1) is 0 Å². The molecule has 2 saturated heterocycles. The van der Waals surface area contributed by atoms with Gasteiger partial charge in [-0.1, -0.05) is 12.1 Å². The van der Waals surface area contributed by atoms with Gasteiger partial charge >= 0.3 is 11.9 Å². The van der Waals surface area contributed by atoms with Crippen molar-refractivity contribution in [2.24, 2.45) is 0 Å². The molecule has 0 unspecified atom stereocenters. The summed E-state index contributed by atoms with van der Waals surface area (Å²) in [6.07, 6.45) is -15.6. The largest absolute Gasteiger partial charge is 0.507 e. The zero-order valence-electron chi connectivity index (χ0n) is 25.0. The van der Waals surface area contributed by atoms with Crippen molar-refractivity contribution < 1.29 is 89.4 Å². The van der Waals surface area contributed by atoms with E-state index in [1.807, 2.05) is 0 Å². The maximum Gasteiger partial charge on any atom is 0.346 e. The SMILES string of the molecule is CC(C)OC(=O)c1c(O)cccc1O[C@@H]1O[C@H](CO)[C@@H](O)[C@H](O)[C@H]1O.O=C(O)c1cccc(O)c1O[C@@H]1O[C@H](CO)[C@@H](O)[C@H](O)[C@H]1O. The van der Waals surface area contributed by atoms with Crippen molar-refractivity contribution in [3.05, 3.63) is 47.5 Å². The quantitative estimate of drug-likeness (QED) is 0.122. The number of aromatic carboxylic acids is 1. The van der Waals surface area contributed by atoms with E-state index in [0.29, 0.717) is 0 Å². The van der Waals surface area contributed by atoms with Crippen molar-refractivity contribution in [1.82, 2.24) is 0 Å². The van der Waals surface area contributed by atoms with Crippen LogP contribution in [0.5, 0.6) is 23.0 Å². The third kappa shape index (κ3) is 8.76. The van der Waals surface area contributed by atoms with Crippen molar-refractivity contribution in [3.8, 4) is 23.0 Å². The summed E-state index contributed by atoms with van der Waals surface area (Å²) in [5.41, 5.74) is -0.648. The van der Waals surface area contributed by atoms with Crippen LogP contribution in [0.25, 0.3) is 0 Å². The van der Waals surface area contributed by atoms with E-state index < -0.39 is 110 Å². The van der Waals surface area contributed by atoms with E-state index in [-0.39, 0.29) is 16.9 Å². The Morgan fingerprint density at radius 2 is 1.21 bits per heavy atom. The minimum Gasteiger partial charge on any atom is -0.507 e. The first kappa shape index (κ1) is 37.6. The van der Waals surface area contributed by atoms with Crippen molar-refractivity contribution >= 4 is 11.9 Å². The summed E-state index contributed by atoms with van der Waals surface area (Å²) in [6, 6.07) is 7.64. The van der Waals surface area contributed by atoms with Crippen LogP contribution in [0.15, 0.2) is 36.4 Å². The number of phenols is 2. The third-order valence-corrected chi connectivity index (χ3v) is 6.95. The number of carboxylic acids is 1. The van der Waals surface area contributed by atoms with Crippen molar-refractivity contribution in [2.45, 2.75) is 81.4 Å². The van der Waals surface area contributed by atoms with Gasteiger partial charge in [0.2, 0.25) is 12.6 Å². The molecule has 2 aliphatic heterocycles. The Hall–Kier alpha value is -3.82. The first-order chi connectivity index (χ1) is 22.1. The lowest BCUT2D eigenvalue weighted by molar-refractivity contribution is -0.277. The molecule has 2 aliphatic rings. The molecule has 18 nitrogen and oxygen atoms in total. The van der Waals surface area contributed by atoms with Crippen molar-refractivity contribution in [1.29, 1.82) is 0 Å². The summed E-state index contributed by atoms with van der Waals surface area (Å²) < 4.78 is 25.9. The molecule has 0 aliphatic carbocycles. The molecule has 4 rings (SSSR count). The predicted molar refractivity (Wildman–Crippen MR) is 153 cm³/mol. The number of aliphatic hydroxyl groups is 8.